The highest BCUT2D eigenvalue weighted by molar-refractivity contribution is 6.05. The van der Waals surface area contributed by atoms with Crippen molar-refractivity contribution in [1.29, 1.82) is 0 Å². The molecule has 0 unspecified atom stereocenters. The van der Waals surface area contributed by atoms with Gasteiger partial charge in [0.15, 0.2) is 0 Å². The van der Waals surface area contributed by atoms with E-state index in [9.17, 15) is 14.9 Å². The lowest BCUT2D eigenvalue weighted by atomic mass is 10.1. The SMILES string of the molecule is Cc1cc([N+](=O)[O-])ccc1NC(=O)c1cn[nH]c1C. The summed E-state index contributed by atoms with van der Waals surface area (Å²) in [5, 5.41) is 19.8. The molecule has 0 saturated carbocycles. The second kappa shape index (κ2) is 4.89. The molecule has 2 N–H and O–H groups in total. The number of nitrogens with zero attached hydrogens (tertiary/aromatic N) is 2. The Morgan fingerprint density at radius 2 is 2.16 bits per heavy atom. The fraction of sp³-hybridized carbons (Fsp3) is 0.167. The first-order chi connectivity index (χ1) is 8.99. The highest BCUT2D eigenvalue weighted by atomic mass is 16.6. The predicted octanol–water partition coefficient (Wildman–Crippen LogP) is 2.19. The molecule has 0 saturated heterocycles. The van der Waals surface area contributed by atoms with Crippen LogP contribution >= 0.6 is 0 Å². The number of anilines is 1. The van der Waals surface area contributed by atoms with Crippen LogP contribution in [0.15, 0.2) is 24.4 Å². The zero-order valence-electron chi connectivity index (χ0n) is 10.4. The zero-order chi connectivity index (χ0) is 14.0. The molecule has 0 fully saturated rings. The first-order valence-corrected chi connectivity index (χ1v) is 5.55. The van der Waals surface area contributed by atoms with Crippen molar-refractivity contribution in [2.75, 3.05) is 5.32 Å². The van der Waals surface area contributed by atoms with Gasteiger partial charge in [0.05, 0.1) is 16.7 Å². The summed E-state index contributed by atoms with van der Waals surface area (Å²) < 4.78 is 0. The molecule has 0 bridgehead atoms. The summed E-state index contributed by atoms with van der Waals surface area (Å²) in [6.45, 7) is 3.44. The van der Waals surface area contributed by atoms with Crippen LogP contribution in [0.4, 0.5) is 11.4 Å². The molecule has 1 amide bonds. The minimum atomic E-state index is -0.473. The summed E-state index contributed by atoms with van der Waals surface area (Å²) in [6.07, 6.45) is 1.44. The summed E-state index contributed by atoms with van der Waals surface area (Å²) in [6, 6.07) is 4.28. The average molecular weight is 260 g/mol. The number of non-ortho nitro benzene ring substituents is 1. The summed E-state index contributed by atoms with van der Waals surface area (Å²) in [7, 11) is 0. The number of rotatable bonds is 3. The van der Waals surface area contributed by atoms with Crippen molar-refractivity contribution >= 4 is 17.3 Å². The number of H-pyrrole nitrogens is 1. The van der Waals surface area contributed by atoms with Gasteiger partial charge in [0.2, 0.25) is 0 Å². The fourth-order valence-corrected chi connectivity index (χ4v) is 1.67. The maximum atomic E-state index is 12.0. The largest absolute Gasteiger partial charge is 0.322 e. The summed E-state index contributed by atoms with van der Waals surface area (Å²) in [5.41, 5.74) is 2.27. The van der Waals surface area contributed by atoms with Crippen LogP contribution in [0.25, 0.3) is 0 Å². The van der Waals surface area contributed by atoms with Gasteiger partial charge < -0.3 is 5.32 Å². The van der Waals surface area contributed by atoms with Crippen LogP contribution in [-0.4, -0.2) is 21.0 Å². The normalized spacial score (nSPS) is 10.2. The third-order valence-corrected chi connectivity index (χ3v) is 2.74. The van der Waals surface area contributed by atoms with Crippen molar-refractivity contribution in [1.82, 2.24) is 10.2 Å². The lowest BCUT2D eigenvalue weighted by Gasteiger charge is -2.07. The van der Waals surface area contributed by atoms with Gasteiger partial charge in [-0.3, -0.25) is 20.0 Å². The van der Waals surface area contributed by atoms with Crippen molar-refractivity contribution in [3.8, 4) is 0 Å². The molecular formula is C12H12N4O3. The Bertz CT molecular complexity index is 648. The van der Waals surface area contributed by atoms with Crippen LogP contribution in [0.3, 0.4) is 0 Å². The number of benzene rings is 1. The van der Waals surface area contributed by atoms with E-state index in [-0.39, 0.29) is 11.6 Å². The van der Waals surface area contributed by atoms with E-state index in [1.165, 1.54) is 24.4 Å². The molecule has 1 aromatic heterocycles. The van der Waals surface area contributed by atoms with Crippen molar-refractivity contribution in [3.63, 3.8) is 0 Å². The number of aromatic nitrogens is 2. The van der Waals surface area contributed by atoms with E-state index in [2.05, 4.69) is 15.5 Å². The lowest BCUT2D eigenvalue weighted by Crippen LogP contribution is -2.13. The Morgan fingerprint density at radius 1 is 1.42 bits per heavy atom. The Hall–Kier alpha value is -2.70. The number of carbonyl (C=O) groups is 1. The number of aryl methyl sites for hydroxylation is 2. The van der Waals surface area contributed by atoms with E-state index in [1.54, 1.807) is 13.8 Å². The molecule has 7 heteroatoms. The molecule has 0 radical (unpaired) electrons. The molecular weight excluding hydrogens is 248 g/mol. The number of carbonyl (C=O) groups excluding carboxylic acids is 1. The first-order valence-electron chi connectivity index (χ1n) is 5.55. The van der Waals surface area contributed by atoms with E-state index in [0.29, 0.717) is 22.5 Å². The zero-order valence-corrected chi connectivity index (χ0v) is 10.4. The molecule has 0 aliphatic rings. The number of hydrogen-bond donors (Lipinski definition) is 2. The molecule has 0 spiro atoms. The molecule has 19 heavy (non-hydrogen) atoms. The smallest absolute Gasteiger partial charge is 0.269 e. The summed E-state index contributed by atoms with van der Waals surface area (Å²) in [5.74, 6) is -0.303. The monoisotopic (exact) mass is 260 g/mol. The maximum Gasteiger partial charge on any atom is 0.269 e. The van der Waals surface area contributed by atoms with Gasteiger partial charge in [-0.2, -0.15) is 5.10 Å². The van der Waals surface area contributed by atoms with E-state index < -0.39 is 4.92 Å². The third-order valence-electron chi connectivity index (χ3n) is 2.74. The van der Waals surface area contributed by atoms with Gasteiger partial charge >= 0.3 is 0 Å². The number of nitro groups is 1. The first kappa shape index (κ1) is 12.7. The topological polar surface area (TPSA) is 101 Å². The number of aromatic amines is 1. The van der Waals surface area contributed by atoms with Gasteiger partial charge in [-0.05, 0) is 25.5 Å². The van der Waals surface area contributed by atoms with Gasteiger partial charge in [0.1, 0.15) is 0 Å². The van der Waals surface area contributed by atoms with Crippen molar-refractivity contribution in [2.45, 2.75) is 13.8 Å². The second-order valence-corrected chi connectivity index (χ2v) is 4.12. The fourth-order valence-electron chi connectivity index (χ4n) is 1.67. The van der Waals surface area contributed by atoms with Gasteiger partial charge in [-0.1, -0.05) is 0 Å². The van der Waals surface area contributed by atoms with Crippen molar-refractivity contribution in [2.24, 2.45) is 0 Å². The molecule has 2 aromatic rings. The number of nitro benzene ring substituents is 1. The average Bonchev–Trinajstić information content (AvgIpc) is 2.77. The highest BCUT2D eigenvalue weighted by Gasteiger charge is 2.13. The molecule has 0 aliphatic heterocycles. The van der Waals surface area contributed by atoms with Crippen LogP contribution in [0, 0.1) is 24.0 Å². The quantitative estimate of drug-likeness (QED) is 0.652. The van der Waals surface area contributed by atoms with Gasteiger partial charge in [-0.15, -0.1) is 0 Å². The minimum absolute atomic E-state index is 0.00464. The molecule has 0 atom stereocenters. The van der Waals surface area contributed by atoms with Crippen molar-refractivity contribution < 1.29 is 9.72 Å². The number of amides is 1. The lowest BCUT2D eigenvalue weighted by molar-refractivity contribution is -0.384. The molecule has 7 nitrogen and oxygen atoms in total. The van der Waals surface area contributed by atoms with E-state index in [4.69, 9.17) is 0 Å². The second-order valence-electron chi connectivity index (χ2n) is 4.12. The molecule has 98 valence electrons. The van der Waals surface area contributed by atoms with E-state index >= 15 is 0 Å². The number of nitrogens with one attached hydrogen (secondary N) is 2. The third kappa shape index (κ3) is 2.59. The van der Waals surface area contributed by atoms with Crippen molar-refractivity contribution in [3.05, 3.63) is 51.3 Å². The van der Waals surface area contributed by atoms with Gasteiger partial charge in [0.25, 0.3) is 11.6 Å². The predicted molar refractivity (Wildman–Crippen MR) is 69.1 cm³/mol. The minimum Gasteiger partial charge on any atom is -0.322 e. The molecule has 2 rings (SSSR count). The Kier molecular flexibility index (Phi) is 3.28. The molecule has 0 aliphatic carbocycles. The van der Waals surface area contributed by atoms with Crippen LogP contribution < -0.4 is 5.32 Å². The van der Waals surface area contributed by atoms with Crippen LogP contribution in [0.2, 0.25) is 0 Å². The Balaban J connectivity index is 2.23. The highest BCUT2D eigenvalue weighted by Crippen LogP contribution is 2.21. The molecule has 1 aromatic carbocycles. The van der Waals surface area contributed by atoms with Crippen LogP contribution in [0.5, 0.6) is 0 Å². The number of hydrogen-bond acceptors (Lipinski definition) is 4. The van der Waals surface area contributed by atoms with Crippen LogP contribution in [0.1, 0.15) is 21.6 Å². The standard InChI is InChI=1S/C12H12N4O3/c1-7-5-9(16(18)19)3-4-11(7)14-12(17)10-6-13-15-8(10)2/h3-6H,1-2H3,(H,13,15)(H,14,17). The van der Waals surface area contributed by atoms with E-state index in [0.717, 1.165) is 0 Å². The Labute approximate surface area is 108 Å². The van der Waals surface area contributed by atoms with Gasteiger partial charge in [0, 0.05) is 23.5 Å². The maximum absolute atomic E-state index is 12.0. The summed E-state index contributed by atoms with van der Waals surface area (Å²) >= 11 is 0. The van der Waals surface area contributed by atoms with E-state index in [1.807, 2.05) is 0 Å². The summed E-state index contributed by atoms with van der Waals surface area (Å²) in [4.78, 5) is 22.1. The Morgan fingerprint density at radius 3 is 2.68 bits per heavy atom. The van der Waals surface area contributed by atoms with Crippen LogP contribution in [-0.2, 0) is 0 Å². The van der Waals surface area contributed by atoms with Gasteiger partial charge in [-0.25, -0.2) is 0 Å². The molecule has 1 heterocycles.